The summed E-state index contributed by atoms with van der Waals surface area (Å²) < 4.78 is 5.10. The number of carbonyl (C=O) groups excluding carboxylic acids is 2. The molecule has 2 amide bonds. The fourth-order valence-electron chi connectivity index (χ4n) is 1.68. The molecule has 0 saturated heterocycles. The maximum atomic E-state index is 12.1. The van der Waals surface area contributed by atoms with E-state index in [0.29, 0.717) is 16.5 Å². The number of nitrogens with two attached hydrogens (primary N) is 1. The Hall–Kier alpha value is -2.73. The number of hydrogen-bond acceptors (Lipinski definition) is 4. The molecule has 22 heavy (non-hydrogen) atoms. The highest BCUT2D eigenvalue weighted by atomic mass is 35.5. The highest BCUT2D eigenvalue weighted by Gasteiger charge is 2.12. The van der Waals surface area contributed by atoms with Gasteiger partial charge in [0, 0.05) is 10.7 Å². The summed E-state index contributed by atoms with van der Waals surface area (Å²) in [5.74, 6) is -0.787. The first-order valence-corrected chi connectivity index (χ1v) is 6.64. The Kier molecular flexibility index (Phi) is 4.85. The predicted octanol–water partition coefficient (Wildman–Crippen LogP) is 2.16. The predicted molar refractivity (Wildman–Crippen MR) is 82.2 cm³/mol. The number of ether oxygens (including phenoxy) is 1. The third-order valence-corrected chi connectivity index (χ3v) is 2.93. The van der Waals surface area contributed by atoms with Gasteiger partial charge in [-0.25, -0.2) is 0 Å². The van der Waals surface area contributed by atoms with Gasteiger partial charge in [-0.3, -0.25) is 9.59 Å². The van der Waals surface area contributed by atoms with Gasteiger partial charge in [0.1, 0.15) is 11.5 Å². The van der Waals surface area contributed by atoms with E-state index in [9.17, 15) is 14.7 Å². The quantitative estimate of drug-likeness (QED) is 0.785. The fraction of sp³-hybridized carbons (Fsp3) is 0.0667. The molecule has 2 aromatic carbocycles. The number of rotatable bonds is 5. The lowest BCUT2D eigenvalue weighted by Crippen LogP contribution is -2.20. The van der Waals surface area contributed by atoms with Gasteiger partial charge in [-0.05, 0) is 42.5 Å². The average molecular weight is 321 g/mol. The topological polar surface area (TPSA) is 102 Å². The Labute approximate surface area is 131 Å². The summed E-state index contributed by atoms with van der Waals surface area (Å²) in [5, 5.41) is 12.6. The van der Waals surface area contributed by atoms with Gasteiger partial charge in [0.25, 0.3) is 11.8 Å². The van der Waals surface area contributed by atoms with Gasteiger partial charge in [-0.15, -0.1) is 0 Å². The van der Waals surface area contributed by atoms with Gasteiger partial charge in [-0.2, -0.15) is 0 Å². The summed E-state index contributed by atoms with van der Waals surface area (Å²) >= 11 is 5.80. The molecule has 114 valence electrons. The summed E-state index contributed by atoms with van der Waals surface area (Å²) in [6, 6.07) is 10.5. The van der Waals surface area contributed by atoms with Crippen molar-refractivity contribution in [3.05, 3.63) is 53.1 Å². The van der Waals surface area contributed by atoms with Crippen molar-refractivity contribution in [1.82, 2.24) is 0 Å². The fourth-order valence-corrected chi connectivity index (χ4v) is 1.85. The molecule has 0 atom stereocenters. The maximum absolute atomic E-state index is 12.1. The van der Waals surface area contributed by atoms with Crippen LogP contribution in [-0.4, -0.2) is 23.5 Å². The Morgan fingerprint density at radius 1 is 1.18 bits per heavy atom. The number of phenolic OH excluding ortho intramolecular Hbond substituents is 1. The molecule has 0 aliphatic heterocycles. The van der Waals surface area contributed by atoms with Crippen molar-refractivity contribution in [1.29, 1.82) is 0 Å². The number of amides is 2. The minimum absolute atomic E-state index is 0.0709. The maximum Gasteiger partial charge on any atom is 0.259 e. The zero-order chi connectivity index (χ0) is 16.1. The zero-order valence-corrected chi connectivity index (χ0v) is 12.1. The van der Waals surface area contributed by atoms with Crippen LogP contribution < -0.4 is 15.8 Å². The molecular formula is C15H13ClN2O4. The number of halogens is 1. The second-order valence-electron chi connectivity index (χ2n) is 4.39. The van der Waals surface area contributed by atoms with Crippen LogP contribution in [0.2, 0.25) is 5.02 Å². The van der Waals surface area contributed by atoms with E-state index >= 15 is 0 Å². The molecule has 4 N–H and O–H groups in total. The monoisotopic (exact) mass is 320 g/mol. The van der Waals surface area contributed by atoms with Crippen molar-refractivity contribution in [2.45, 2.75) is 0 Å². The Bertz CT molecular complexity index is 701. The summed E-state index contributed by atoms with van der Waals surface area (Å²) in [7, 11) is 0. The smallest absolute Gasteiger partial charge is 0.259 e. The standard InChI is InChI=1S/C15H13ClN2O4/c16-9-1-6-13(19)12(7-9)15(21)18-10-2-4-11(5-3-10)22-8-14(17)20/h1-7,19H,8H2,(H2,17,20)(H,18,21). The number of aromatic hydroxyl groups is 1. The van der Waals surface area contributed by atoms with E-state index in [2.05, 4.69) is 5.32 Å². The molecule has 6 nitrogen and oxygen atoms in total. The summed E-state index contributed by atoms with van der Waals surface area (Å²) in [6.45, 7) is -0.220. The molecule has 0 radical (unpaired) electrons. The molecule has 0 bridgehead atoms. The number of nitrogens with one attached hydrogen (secondary N) is 1. The molecule has 0 aliphatic rings. The first-order chi connectivity index (χ1) is 10.5. The van der Waals surface area contributed by atoms with E-state index in [1.54, 1.807) is 24.3 Å². The average Bonchev–Trinajstić information content (AvgIpc) is 2.49. The molecular weight excluding hydrogens is 308 g/mol. The van der Waals surface area contributed by atoms with E-state index in [0.717, 1.165) is 0 Å². The van der Waals surface area contributed by atoms with Gasteiger partial charge >= 0.3 is 0 Å². The number of hydrogen-bond donors (Lipinski definition) is 3. The van der Waals surface area contributed by atoms with Crippen LogP contribution in [0.1, 0.15) is 10.4 Å². The summed E-state index contributed by atoms with van der Waals surface area (Å²) in [6.07, 6.45) is 0. The lowest BCUT2D eigenvalue weighted by Gasteiger charge is -2.08. The van der Waals surface area contributed by atoms with E-state index in [1.165, 1.54) is 18.2 Å². The zero-order valence-electron chi connectivity index (χ0n) is 11.4. The lowest BCUT2D eigenvalue weighted by molar-refractivity contribution is -0.119. The molecule has 0 heterocycles. The van der Waals surface area contributed by atoms with Crippen LogP contribution in [-0.2, 0) is 4.79 Å². The second kappa shape index (κ2) is 6.82. The lowest BCUT2D eigenvalue weighted by atomic mass is 10.2. The number of carbonyl (C=O) groups is 2. The molecule has 0 spiro atoms. The van der Waals surface area contributed by atoms with E-state index in [1.807, 2.05) is 0 Å². The van der Waals surface area contributed by atoms with Crippen LogP contribution in [0.25, 0.3) is 0 Å². The molecule has 7 heteroatoms. The van der Waals surface area contributed by atoms with Crippen LogP contribution >= 0.6 is 11.6 Å². The second-order valence-corrected chi connectivity index (χ2v) is 4.83. The Morgan fingerprint density at radius 2 is 1.86 bits per heavy atom. The van der Waals surface area contributed by atoms with Crippen LogP contribution in [0.4, 0.5) is 5.69 Å². The van der Waals surface area contributed by atoms with Gasteiger partial charge in [-0.1, -0.05) is 11.6 Å². The van der Waals surface area contributed by atoms with E-state index in [-0.39, 0.29) is 17.9 Å². The highest BCUT2D eigenvalue weighted by molar-refractivity contribution is 6.31. The number of primary amides is 1. The highest BCUT2D eigenvalue weighted by Crippen LogP contribution is 2.23. The molecule has 0 aliphatic carbocycles. The van der Waals surface area contributed by atoms with Crippen LogP contribution in [0.15, 0.2) is 42.5 Å². The minimum Gasteiger partial charge on any atom is -0.507 e. The Morgan fingerprint density at radius 3 is 2.50 bits per heavy atom. The molecule has 0 aromatic heterocycles. The SMILES string of the molecule is NC(=O)COc1ccc(NC(=O)c2cc(Cl)ccc2O)cc1. The Balaban J connectivity index is 2.05. The normalized spacial score (nSPS) is 10.0. The molecule has 0 fully saturated rings. The van der Waals surface area contributed by atoms with E-state index in [4.69, 9.17) is 22.1 Å². The molecule has 0 saturated carbocycles. The van der Waals surface area contributed by atoms with E-state index < -0.39 is 11.8 Å². The van der Waals surface area contributed by atoms with Crippen LogP contribution in [0.5, 0.6) is 11.5 Å². The van der Waals surface area contributed by atoms with Crippen molar-refractivity contribution < 1.29 is 19.4 Å². The number of anilines is 1. The van der Waals surface area contributed by atoms with Crippen LogP contribution in [0, 0.1) is 0 Å². The molecule has 2 aromatic rings. The third-order valence-electron chi connectivity index (χ3n) is 2.70. The van der Waals surface area contributed by atoms with Gasteiger partial charge in [0.05, 0.1) is 5.56 Å². The molecule has 0 unspecified atom stereocenters. The summed E-state index contributed by atoms with van der Waals surface area (Å²) in [5.41, 5.74) is 5.54. The largest absolute Gasteiger partial charge is 0.507 e. The van der Waals surface area contributed by atoms with Crippen molar-refractivity contribution in [3.8, 4) is 11.5 Å². The number of benzene rings is 2. The first kappa shape index (κ1) is 15.7. The number of phenols is 1. The summed E-state index contributed by atoms with van der Waals surface area (Å²) in [4.78, 5) is 22.7. The molecule has 2 rings (SSSR count). The van der Waals surface area contributed by atoms with Crippen molar-refractivity contribution in [2.75, 3.05) is 11.9 Å². The van der Waals surface area contributed by atoms with Gasteiger partial charge in [0.15, 0.2) is 6.61 Å². The van der Waals surface area contributed by atoms with Crippen LogP contribution in [0.3, 0.4) is 0 Å². The third kappa shape index (κ3) is 4.13. The van der Waals surface area contributed by atoms with Gasteiger partial charge < -0.3 is 20.9 Å². The minimum atomic E-state index is -0.575. The first-order valence-electron chi connectivity index (χ1n) is 6.27. The van der Waals surface area contributed by atoms with Crippen molar-refractivity contribution in [3.63, 3.8) is 0 Å². The van der Waals surface area contributed by atoms with Crippen molar-refractivity contribution >= 4 is 29.1 Å². The van der Waals surface area contributed by atoms with Gasteiger partial charge in [0.2, 0.25) is 0 Å². The van der Waals surface area contributed by atoms with Crippen molar-refractivity contribution in [2.24, 2.45) is 5.73 Å².